The van der Waals surface area contributed by atoms with E-state index in [2.05, 4.69) is 23.9 Å². The molecule has 162 valence electrons. The average Bonchev–Trinajstić information content (AvgIpc) is 2.73. The number of hydrogen-bond acceptors (Lipinski definition) is 3. The second kappa shape index (κ2) is 8.42. The summed E-state index contributed by atoms with van der Waals surface area (Å²) in [6.45, 7) is 4.40. The summed E-state index contributed by atoms with van der Waals surface area (Å²) in [5.74, 6) is 1.26. The molecule has 1 aliphatic rings. The highest BCUT2D eigenvalue weighted by Gasteiger charge is 2.30. The van der Waals surface area contributed by atoms with E-state index in [9.17, 15) is 18.0 Å². The Morgan fingerprint density at radius 3 is 2.52 bits per heavy atom. The van der Waals surface area contributed by atoms with Gasteiger partial charge in [0.05, 0.1) is 11.1 Å². The van der Waals surface area contributed by atoms with Crippen molar-refractivity contribution in [3.63, 3.8) is 0 Å². The van der Waals surface area contributed by atoms with Crippen LogP contribution in [0.2, 0.25) is 0 Å². The lowest BCUT2D eigenvalue weighted by atomic mass is 9.84. The van der Waals surface area contributed by atoms with Crippen molar-refractivity contribution >= 4 is 16.7 Å². The molecule has 1 aromatic heterocycles. The lowest BCUT2D eigenvalue weighted by Crippen LogP contribution is -2.46. The third-order valence-corrected chi connectivity index (χ3v) is 6.28. The Bertz CT molecular complexity index is 1090. The summed E-state index contributed by atoms with van der Waals surface area (Å²) in [5, 5.41) is 0.803. The molecule has 1 fully saturated rings. The SMILES string of the molecule is C[C@@H](CCC(=O)c1cnc2c(-c3ccc(C(F)(F)F)cc3)cccc2c1)C1CN(C)C1. The van der Waals surface area contributed by atoms with Crippen LogP contribution in [0.4, 0.5) is 13.2 Å². The molecule has 2 aromatic carbocycles. The Morgan fingerprint density at radius 1 is 1.16 bits per heavy atom. The first-order valence-corrected chi connectivity index (χ1v) is 10.5. The van der Waals surface area contributed by atoms with Gasteiger partial charge in [-0.2, -0.15) is 13.2 Å². The van der Waals surface area contributed by atoms with Gasteiger partial charge in [0, 0.05) is 42.2 Å². The molecule has 4 rings (SSSR count). The normalized spacial score (nSPS) is 16.3. The molecule has 0 bridgehead atoms. The summed E-state index contributed by atoms with van der Waals surface area (Å²) in [6.07, 6.45) is -1.43. The first-order chi connectivity index (χ1) is 14.7. The minimum absolute atomic E-state index is 0.0776. The monoisotopic (exact) mass is 426 g/mol. The zero-order valence-corrected chi connectivity index (χ0v) is 17.6. The van der Waals surface area contributed by atoms with E-state index in [1.54, 1.807) is 6.20 Å². The first-order valence-electron chi connectivity index (χ1n) is 10.5. The minimum atomic E-state index is -4.36. The fourth-order valence-corrected chi connectivity index (χ4v) is 4.23. The number of Topliss-reactive ketones (excluding diaryl/α,β-unsaturated/α-hetero) is 1. The number of ketones is 1. The zero-order valence-electron chi connectivity index (χ0n) is 17.6. The van der Waals surface area contributed by atoms with Crippen LogP contribution in [0.15, 0.2) is 54.7 Å². The van der Waals surface area contributed by atoms with Gasteiger partial charge in [-0.1, -0.05) is 37.3 Å². The van der Waals surface area contributed by atoms with E-state index in [0.717, 1.165) is 42.6 Å². The van der Waals surface area contributed by atoms with Crippen LogP contribution in [0.1, 0.15) is 35.7 Å². The maximum absolute atomic E-state index is 12.8. The molecule has 3 aromatic rings. The van der Waals surface area contributed by atoms with Crippen LogP contribution in [0.25, 0.3) is 22.0 Å². The minimum Gasteiger partial charge on any atom is -0.306 e. The van der Waals surface area contributed by atoms with Crippen LogP contribution < -0.4 is 0 Å². The molecule has 0 N–H and O–H groups in total. The van der Waals surface area contributed by atoms with Crippen LogP contribution in [0.3, 0.4) is 0 Å². The van der Waals surface area contributed by atoms with Crippen LogP contribution in [0, 0.1) is 11.8 Å². The standard InChI is InChI=1S/C25H25F3N2O/c1-16(20-14-30(2)15-20)6-11-23(31)19-12-18-4-3-5-22(24(18)29-13-19)17-7-9-21(10-8-17)25(26,27)28/h3-5,7-10,12-13,16,20H,6,11,14-15H2,1-2H3/t16-/m0/s1. The summed E-state index contributed by atoms with van der Waals surface area (Å²) in [5.41, 5.74) is 1.97. The van der Waals surface area contributed by atoms with Gasteiger partial charge in [-0.15, -0.1) is 0 Å². The van der Waals surface area contributed by atoms with E-state index in [1.165, 1.54) is 12.1 Å². The van der Waals surface area contributed by atoms with Gasteiger partial charge in [-0.25, -0.2) is 0 Å². The number of aromatic nitrogens is 1. The molecule has 0 saturated carbocycles. The number of carbonyl (C=O) groups excluding carboxylic acids is 1. The summed E-state index contributed by atoms with van der Waals surface area (Å²) < 4.78 is 38.5. The molecular formula is C25H25F3N2O. The summed E-state index contributed by atoms with van der Waals surface area (Å²) in [4.78, 5) is 19.5. The van der Waals surface area contributed by atoms with Gasteiger partial charge in [-0.3, -0.25) is 9.78 Å². The Balaban J connectivity index is 1.52. The third kappa shape index (κ3) is 4.64. The molecule has 1 atom stereocenters. The van der Waals surface area contributed by atoms with Crippen molar-refractivity contribution in [1.29, 1.82) is 0 Å². The highest BCUT2D eigenvalue weighted by Crippen LogP contribution is 2.33. The number of likely N-dealkylation sites (tertiary alicyclic amines) is 1. The van der Waals surface area contributed by atoms with Gasteiger partial charge in [0.2, 0.25) is 0 Å². The molecular weight excluding hydrogens is 401 g/mol. The summed E-state index contributed by atoms with van der Waals surface area (Å²) >= 11 is 0. The Hall–Kier alpha value is -2.73. The van der Waals surface area contributed by atoms with E-state index in [1.807, 2.05) is 24.3 Å². The van der Waals surface area contributed by atoms with E-state index in [4.69, 9.17) is 0 Å². The maximum Gasteiger partial charge on any atom is 0.416 e. The van der Waals surface area contributed by atoms with Gasteiger partial charge in [-0.05, 0) is 49.1 Å². The zero-order chi connectivity index (χ0) is 22.2. The van der Waals surface area contributed by atoms with E-state index in [0.29, 0.717) is 34.9 Å². The Labute approximate surface area is 179 Å². The lowest BCUT2D eigenvalue weighted by molar-refractivity contribution is -0.137. The number of nitrogens with zero attached hydrogens (tertiary/aromatic N) is 2. The Morgan fingerprint density at radius 2 is 1.87 bits per heavy atom. The summed E-state index contributed by atoms with van der Waals surface area (Å²) in [7, 11) is 2.11. The van der Waals surface area contributed by atoms with Crippen molar-refractivity contribution in [3.8, 4) is 11.1 Å². The molecule has 1 saturated heterocycles. The van der Waals surface area contributed by atoms with Gasteiger partial charge in [0.25, 0.3) is 0 Å². The highest BCUT2D eigenvalue weighted by atomic mass is 19.4. The molecule has 2 heterocycles. The number of halogens is 3. The average molecular weight is 426 g/mol. The molecule has 0 spiro atoms. The molecule has 0 unspecified atom stereocenters. The van der Waals surface area contributed by atoms with Gasteiger partial charge in [0.1, 0.15) is 0 Å². The van der Waals surface area contributed by atoms with E-state index < -0.39 is 11.7 Å². The number of alkyl halides is 3. The first kappa shape index (κ1) is 21.5. The fraction of sp³-hybridized carbons (Fsp3) is 0.360. The van der Waals surface area contributed by atoms with E-state index >= 15 is 0 Å². The highest BCUT2D eigenvalue weighted by molar-refractivity contribution is 6.01. The Kier molecular flexibility index (Phi) is 5.84. The number of para-hydroxylation sites is 1. The van der Waals surface area contributed by atoms with Crippen molar-refractivity contribution in [2.45, 2.75) is 25.9 Å². The number of fused-ring (bicyclic) bond motifs is 1. The van der Waals surface area contributed by atoms with Crippen LogP contribution >= 0.6 is 0 Å². The number of benzene rings is 2. The summed E-state index contributed by atoms with van der Waals surface area (Å²) in [6, 6.07) is 12.4. The van der Waals surface area contributed by atoms with Crippen LogP contribution in [-0.4, -0.2) is 35.8 Å². The molecule has 6 heteroatoms. The molecule has 0 amide bonds. The molecule has 0 aliphatic carbocycles. The predicted molar refractivity (Wildman–Crippen MR) is 116 cm³/mol. The molecule has 0 radical (unpaired) electrons. The van der Waals surface area contributed by atoms with Gasteiger partial charge in [0.15, 0.2) is 5.78 Å². The van der Waals surface area contributed by atoms with Crippen molar-refractivity contribution in [1.82, 2.24) is 9.88 Å². The second-order valence-corrected chi connectivity index (χ2v) is 8.60. The predicted octanol–water partition coefficient (Wildman–Crippen LogP) is 6.08. The van der Waals surface area contributed by atoms with Crippen molar-refractivity contribution in [2.75, 3.05) is 20.1 Å². The van der Waals surface area contributed by atoms with Crippen LogP contribution in [-0.2, 0) is 6.18 Å². The number of pyridine rings is 1. The largest absolute Gasteiger partial charge is 0.416 e. The van der Waals surface area contributed by atoms with Gasteiger partial charge >= 0.3 is 6.18 Å². The lowest BCUT2D eigenvalue weighted by Gasteiger charge is -2.40. The van der Waals surface area contributed by atoms with Gasteiger partial charge < -0.3 is 4.90 Å². The fourth-order valence-electron chi connectivity index (χ4n) is 4.23. The van der Waals surface area contributed by atoms with Crippen molar-refractivity contribution < 1.29 is 18.0 Å². The maximum atomic E-state index is 12.8. The number of carbonyl (C=O) groups is 1. The van der Waals surface area contributed by atoms with E-state index in [-0.39, 0.29) is 5.78 Å². The second-order valence-electron chi connectivity index (χ2n) is 8.60. The van der Waals surface area contributed by atoms with Crippen molar-refractivity contribution in [2.24, 2.45) is 11.8 Å². The third-order valence-electron chi connectivity index (χ3n) is 6.28. The molecule has 1 aliphatic heterocycles. The number of rotatable bonds is 6. The topological polar surface area (TPSA) is 33.2 Å². The van der Waals surface area contributed by atoms with Crippen molar-refractivity contribution in [3.05, 3.63) is 65.9 Å². The quantitative estimate of drug-likeness (QED) is 0.448. The van der Waals surface area contributed by atoms with Crippen LogP contribution in [0.5, 0.6) is 0 Å². The smallest absolute Gasteiger partial charge is 0.306 e. The molecule has 3 nitrogen and oxygen atoms in total. The molecule has 31 heavy (non-hydrogen) atoms. The number of hydrogen-bond donors (Lipinski definition) is 0.